The number of piperidine rings is 1. The van der Waals surface area contributed by atoms with Crippen molar-refractivity contribution in [1.29, 1.82) is 0 Å². The molecule has 0 atom stereocenters. The quantitative estimate of drug-likeness (QED) is 0.425. The molecule has 152 valence electrons. The fourth-order valence-corrected chi connectivity index (χ4v) is 3.59. The average molecular weight is 378 g/mol. The normalized spacial score (nSPS) is 15.9. The summed E-state index contributed by atoms with van der Waals surface area (Å²) < 4.78 is 12.3. The Kier molecular flexibility index (Phi) is 9.46. The zero-order valence-electron chi connectivity index (χ0n) is 17.2. The van der Waals surface area contributed by atoms with Crippen LogP contribution in [0.2, 0.25) is 0 Å². The van der Waals surface area contributed by atoms with E-state index in [1.807, 2.05) is 24.3 Å². The summed E-state index contributed by atoms with van der Waals surface area (Å²) in [7, 11) is 2.25. The number of hydrogen-bond acceptors (Lipinski definition) is 3. The first-order chi connectivity index (χ1) is 13.1. The molecule has 1 aromatic rings. The highest BCUT2D eigenvalue weighted by atomic mass is 16.5. The largest absolute Gasteiger partial charge is 0.491 e. The minimum absolute atomic E-state index is 0.405. The molecule has 0 saturated carbocycles. The Bertz CT molecular complexity index is 556. The molecular weight excluding hydrogens is 340 g/mol. The lowest BCUT2D eigenvalue weighted by atomic mass is 10.1. The number of ether oxygens (including phenoxy) is 2. The Hall–Kier alpha value is -1.75. The van der Waals surface area contributed by atoms with Gasteiger partial charge in [0, 0.05) is 0 Å². The SMILES string of the molecule is CCCCCCCOc1ccccc1NC(=O)OCC[N+]1(C)CCCCC1. The maximum atomic E-state index is 12.2. The number of benzene rings is 1. The second-order valence-corrected chi connectivity index (χ2v) is 7.87. The molecule has 1 fully saturated rings. The topological polar surface area (TPSA) is 47.6 Å². The zero-order chi connectivity index (χ0) is 19.4. The van der Waals surface area contributed by atoms with E-state index in [0.29, 0.717) is 24.7 Å². The summed E-state index contributed by atoms with van der Waals surface area (Å²) in [6.07, 6.45) is 9.46. The van der Waals surface area contributed by atoms with Crippen LogP contribution in [-0.2, 0) is 4.74 Å². The van der Waals surface area contributed by atoms with Crippen LogP contribution in [0, 0.1) is 0 Å². The van der Waals surface area contributed by atoms with Crippen LogP contribution in [0.4, 0.5) is 10.5 Å². The fourth-order valence-electron chi connectivity index (χ4n) is 3.59. The lowest BCUT2D eigenvalue weighted by molar-refractivity contribution is -0.914. The molecule has 0 aromatic heterocycles. The number of rotatable bonds is 11. The number of unbranched alkanes of at least 4 members (excludes halogenated alkanes) is 4. The van der Waals surface area contributed by atoms with Crippen molar-refractivity contribution in [2.24, 2.45) is 0 Å². The summed E-state index contributed by atoms with van der Waals surface area (Å²) in [4.78, 5) is 12.2. The van der Waals surface area contributed by atoms with E-state index < -0.39 is 6.09 Å². The number of nitrogens with zero attached hydrogens (tertiary/aromatic N) is 1. The molecule has 1 aliphatic rings. The first-order valence-corrected chi connectivity index (χ1v) is 10.6. The van der Waals surface area contributed by atoms with Crippen molar-refractivity contribution >= 4 is 11.8 Å². The summed E-state index contributed by atoms with van der Waals surface area (Å²) in [5.41, 5.74) is 0.675. The van der Waals surface area contributed by atoms with E-state index in [1.165, 1.54) is 58.0 Å². The number of likely N-dealkylation sites (tertiary alicyclic amines) is 1. The van der Waals surface area contributed by atoms with E-state index >= 15 is 0 Å². The Morgan fingerprint density at radius 3 is 2.56 bits per heavy atom. The number of likely N-dealkylation sites (N-methyl/N-ethyl adjacent to an activating group) is 1. The van der Waals surface area contributed by atoms with Gasteiger partial charge in [0.05, 0.1) is 32.4 Å². The predicted molar refractivity (Wildman–Crippen MR) is 110 cm³/mol. The molecule has 1 heterocycles. The third kappa shape index (κ3) is 8.21. The minimum atomic E-state index is -0.405. The van der Waals surface area contributed by atoms with Gasteiger partial charge in [-0.25, -0.2) is 4.79 Å². The van der Waals surface area contributed by atoms with Crippen molar-refractivity contribution in [3.63, 3.8) is 0 Å². The number of anilines is 1. The smallest absolute Gasteiger partial charge is 0.411 e. The van der Waals surface area contributed by atoms with Crippen LogP contribution >= 0.6 is 0 Å². The van der Waals surface area contributed by atoms with Gasteiger partial charge in [-0.1, -0.05) is 44.7 Å². The highest BCUT2D eigenvalue weighted by Gasteiger charge is 2.24. The Morgan fingerprint density at radius 1 is 1.04 bits per heavy atom. The molecule has 1 amide bonds. The van der Waals surface area contributed by atoms with Crippen LogP contribution in [0.1, 0.15) is 58.3 Å². The number of amides is 1. The second-order valence-electron chi connectivity index (χ2n) is 7.87. The van der Waals surface area contributed by atoms with Crippen LogP contribution in [0.3, 0.4) is 0 Å². The van der Waals surface area contributed by atoms with Crippen LogP contribution in [-0.4, -0.2) is 50.5 Å². The Morgan fingerprint density at radius 2 is 1.78 bits per heavy atom. The van der Waals surface area contributed by atoms with Gasteiger partial charge in [0.15, 0.2) is 0 Å². The first-order valence-electron chi connectivity index (χ1n) is 10.6. The van der Waals surface area contributed by atoms with Crippen molar-refractivity contribution in [1.82, 2.24) is 0 Å². The third-order valence-corrected chi connectivity index (χ3v) is 5.39. The first kappa shape index (κ1) is 21.5. The highest BCUT2D eigenvalue weighted by Crippen LogP contribution is 2.24. The van der Waals surface area contributed by atoms with E-state index in [0.717, 1.165) is 17.4 Å². The molecule has 0 spiro atoms. The van der Waals surface area contributed by atoms with Gasteiger partial charge >= 0.3 is 6.09 Å². The highest BCUT2D eigenvalue weighted by molar-refractivity contribution is 5.86. The molecule has 1 saturated heterocycles. The molecule has 0 bridgehead atoms. The van der Waals surface area contributed by atoms with Crippen molar-refractivity contribution in [3.8, 4) is 5.75 Å². The maximum absolute atomic E-state index is 12.2. The minimum Gasteiger partial charge on any atom is -0.491 e. The van der Waals surface area contributed by atoms with E-state index in [-0.39, 0.29) is 0 Å². The molecular formula is C22H37N2O3+. The van der Waals surface area contributed by atoms with E-state index in [4.69, 9.17) is 9.47 Å². The van der Waals surface area contributed by atoms with Crippen molar-refractivity contribution in [2.75, 3.05) is 45.2 Å². The van der Waals surface area contributed by atoms with Gasteiger partial charge in [-0.2, -0.15) is 0 Å². The van der Waals surface area contributed by atoms with Gasteiger partial charge in [-0.15, -0.1) is 0 Å². The van der Waals surface area contributed by atoms with Crippen LogP contribution in [0.5, 0.6) is 5.75 Å². The van der Waals surface area contributed by atoms with Crippen molar-refractivity contribution in [3.05, 3.63) is 24.3 Å². The number of hydrogen-bond donors (Lipinski definition) is 1. The molecule has 2 rings (SSSR count). The third-order valence-electron chi connectivity index (χ3n) is 5.39. The van der Waals surface area contributed by atoms with E-state index in [9.17, 15) is 4.79 Å². The van der Waals surface area contributed by atoms with Gasteiger partial charge in [-0.3, -0.25) is 5.32 Å². The number of carbonyl (C=O) groups excluding carboxylic acids is 1. The van der Waals surface area contributed by atoms with Gasteiger partial charge in [0.2, 0.25) is 0 Å². The summed E-state index contributed by atoms with van der Waals surface area (Å²) in [5.74, 6) is 0.708. The molecule has 1 aromatic carbocycles. The van der Waals surface area contributed by atoms with Crippen molar-refractivity contribution in [2.45, 2.75) is 58.3 Å². The van der Waals surface area contributed by atoms with E-state index in [2.05, 4.69) is 19.3 Å². The van der Waals surface area contributed by atoms with Crippen LogP contribution in [0.15, 0.2) is 24.3 Å². The lowest BCUT2D eigenvalue weighted by Crippen LogP contribution is -2.49. The fraction of sp³-hybridized carbons (Fsp3) is 0.682. The molecule has 0 aliphatic carbocycles. The number of carbonyl (C=O) groups is 1. The molecule has 0 radical (unpaired) electrons. The number of quaternary nitrogens is 1. The van der Waals surface area contributed by atoms with Gasteiger partial charge in [-0.05, 0) is 37.8 Å². The average Bonchev–Trinajstić information content (AvgIpc) is 2.66. The number of nitrogens with one attached hydrogen (secondary N) is 1. The summed E-state index contributed by atoms with van der Waals surface area (Å²) >= 11 is 0. The molecule has 5 heteroatoms. The second kappa shape index (κ2) is 11.9. The van der Waals surface area contributed by atoms with Gasteiger partial charge < -0.3 is 14.0 Å². The summed E-state index contributed by atoms with van der Waals surface area (Å²) in [5, 5.41) is 2.83. The molecule has 1 N–H and O–H groups in total. The van der Waals surface area contributed by atoms with Crippen LogP contribution < -0.4 is 10.1 Å². The predicted octanol–water partition coefficient (Wildman–Crippen LogP) is 5.21. The lowest BCUT2D eigenvalue weighted by Gasteiger charge is -2.37. The van der Waals surface area contributed by atoms with E-state index in [1.54, 1.807) is 0 Å². The molecule has 1 aliphatic heterocycles. The van der Waals surface area contributed by atoms with Crippen molar-refractivity contribution < 1.29 is 18.8 Å². The molecule has 0 unspecified atom stereocenters. The molecule has 27 heavy (non-hydrogen) atoms. The molecule has 5 nitrogen and oxygen atoms in total. The Balaban J connectivity index is 1.71. The van der Waals surface area contributed by atoms with Gasteiger partial charge in [0.25, 0.3) is 0 Å². The summed E-state index contributed by atoms with van der Waals surface area (Å²) in [6.45, 7) is 6.57. The standard InChI is InChI=1S/C22H36N2O3/c1-3-4-5-6-12-18-26-21-14-9-8-13-20(21)23-22(25)27-19-17-24(2)15-10-7-11-16-24/h8-9,13-14H,3-7,10-12,15-19H2,1-2H3/p+1. The zero-order valence-corrected chi connectivity index (χ0v) is 17.2. The summed E-state index contributed by atoms with van der Waals surface area (Å²) in [6, 6.07) is 7.56. The Labute approximate surface area is 164 Å². The number of para-hydroxylation sites is 2. The monoisotopic (exact) mass is 377 g/mol. The maximum Gasteiger partial charge on any atom is 0.411 e. The van der Waals surface area contributed by atoms with Crippen LogP contribution in [0.25, 0.3) is 0 Å². The van der Waals surface area contributed by atoms with Gasteiger partial charge in [0.1, 0.15) is 18.9 Å².